The van der Waals surface area contributed by atoms with Crippen molar-refractivity contribution in [2.24, 2.45) is 4.99 Å². The predicted molar refractivity (Wildman–Crippen MR) is 244 cm³/mol. The molecule has 0 spiro atoms. The molecule has 6 aromatic rings. The number of hydrogen-bond acceptors (Lipinski definition) is 4. The molecular weight excluding hydrogens is 918 g/mol. The van der Waals surface area contributed by atoms with Crippen molar-refractivity contribution in [1.82, 2.24) is 9.55 Å². The monoisotopic (exact) mass is 980 g/mol. The van der Waals surface area contributed by atoms with Gasteiger partial charge in [0.25, 0.3) is 0 Å². The fourth-order valence-electron chi connectivity index (χ4n) is 10.2. The second-order valence-electron chi connectivity index (χ2n) is 21.1. The minimum Gasteiger partial charge on any atom is -0.511 e. The first-order valence-electron chi connectivity index (χ1n) is 22.4. The normalized spacial score (nSPS) is 21.7. The van der Waals surface area contributed by atoms with Crippen molar-refractivity contribution in [3.8, 4) is 17.2 Å². The van der Waals surface area contributed by atoms with Gasteiger partial charge in [-0.25, -0.2) is 4.98 Å². The molecule has 2 aliphatic heterocycles. The van der Waals surface area contributed by atoms with E-state index in [1.807, 2.05) is 26.1 Å². The molecule has 0 N–H and O–H groups in total. The fourth-order valence-corrected chi connectivity index (χ4v) is 10.2. The Morgan fingerprint density at radius 1 is 0.850 bits per heavy atom. The van der Waals surface area contributed by atoms with Gasteiger partial charge in [-0.3, -0.25) is 4.99 Å². The summed E-state index contributed by atoms with van der Waals surface area (Å²) >= 11 is 0. The molecule has 0 amide bonds. The minimum atomic E-state index is -1.80. The third-order valence-electron chi connectivity index (χ3n) is 13.7. The van der Waals surface area contributed by atoms with Gasteiger partial charge in [-0.05, 0) is 113 Å². The summed E-state index contributed by atoms with van der Waals surface area (Å²) in [4.78, 5) is 10.3. The molecule has 4 heterocycles. The van der Waals surface area contributed by atoms with E-state index in [0.717, 1.165) is 50.1 Å². The number of benzene rings is 4. The molecule has 2 atom stereocenters. The molecule has 3 aliphatic rings. The summed E-state index contributed by atoms with van der Waals surface area (Å²) in [6.07, 6.45) is 0.702. The number of aromatic nitrogens is 2. The number of rotatable bonds is 4. The van der Waals surface area contributed by atoms with E-state index in [4.69, 9.17) is 19.5 Å². The molecule has 0 saturated heterocycles. The number of aryl methyl sites for hydroxylation is 3. The van der Waals surface area contributed by atoms with Gasteiger partial charge in [0.1, 0.15) is 17.1 Å². The van der Waals surface area contributed by atoms with Crippen LogP contribution in [-0.4, -0.2) is 26.6 Å². The van der Waals surface area contributed by atoms with E-state index >= 15 is 0 Å². The van der Waals surface area contributed by atoms with Crippen LogP contribution >= 0.6 is 0 Å². The second-order valence-corrected chi connectivity index (χ2v) is 21.1. The maximum absolute atomic E-state index is 9.77. The van der Waals surface area contributed by atoms with Crippen LogP contribution in [0.3, 0.4) is 0 Å². The van der Waals surface area contributed by atoms with Gasteiger partial charge in [0.05, 0.1) is 11.1 Å². The summed E-state index contributed by atoms with van der Waals surface area (Å²) in [5.74, 6) is 1.71. The molecule has 0 bridgehead atoms. The minimum absolute atomic E-state index is 0. The molecule has 0 radical (unpaired) electrons. The average molecular weight is 981 g/mol. The Morgan fingerprint density at radius 3 is 2.23 bits per heavy atom. The van der Waals surface area contributed by atoms with Crippen molar-refractivity contribution in [3.63, 3.8) is 0 Å². The first-order chi connectivity index (χ1) is 28.2. The molecule has 1 aliphatic carbocycles. The molecule has 0 fully saturated rings. The van der Waals surface area contributed by atoms with Crippen LogP contribution in [0, 0.1) is 39.8 Å². The van der Waals surface area contributed by atoms with Gasteiger partial charge in [-0.1, -0.05) is 112 Å². The Kier molecular flexibility index (Phi) is 9.07. The van der Waals surface area contributed by atoms with Crippen molar-refractivity contribution >= 4 is 27.8 Å². The number of nitrogens with zero attached hydrogens (tertiary/aromatic N) is 3. The Bertz CT molecular complexity index is 2920. The number of ether oxygens (including phenoxy) is 2. The Morgan fingerprint density at radius 2 is 1.57 bits per heavy atom. The van der Waals surface area contributed by atoms with E-state index in [2.05, 4.69) is 150 Å². The zero-order valence-electron chi connectivity index (χ0n) is 40.4. The van der Waals surface area contributed by atoms with Gasteiger partial charge in [-0.15, -0.1) is 28.8 Å². The first kappa shape index (κ1) is 39.9. The second kappa shape index (κ2) is 13.6. The fraction of sp³-hybridized carbons (Fsp3) is 0.444. The van der Waals surface area contributed by atoms with E-state index in [0.29, 0.717) is 34.9 Å². The zero-order valence-corrected chi connectivity index (χ0v) is 40.6. The Labute approximate surface area is 375 Å². The van der Waals surface area contributed by atoms with Crippen LogP contribution in [0.25, 0.3) is 27.6 Å². The third-order valence-corrected chi connectivity index (χ3v) is 13.7. The standard InChI is InChI=1S/C54H61N3O2.Pt/c1-29(2)34-20-35(49-56-53(15)26-36-18-32(5)46(51(10,11)12)33(6)41(36)27-54(53,16)59-49)22-38(21-34)58-45-25-44-42(19-31(45)4)52(13,14)43-24-37(50(7,8)9)23-39-40-17-30(3)28-55-48(40)57(44)47(39)43;/h17-21,23-24,28-29H,26-27H2,1-16H3;/q-2;+2/t53-,54-;/m0./s1/i26D2;. The quantitative estimate of drug-likeness (QED) is 0.165. The molecule has 0 unspecified atom stereocenters. The SMILES string of the molecule is [2H]C1([2H])c2cc(C)c(C(C)(C)C)c(C)c2C[C@]2(C)OC(c3[c-]c(Oc4[c-]c5c(cc4C)C(C)(C)c4cc(C(C)(C)C)cc6c7cc(C)cnc7n-5c46)cc(C(C)C)c3)=N[C@@]12C.[Pt+2]. The van der Waals surface area contributed by atoms with Gasteiger partial charge >= 0.3 is 21.1 Å². The van der Waals surface area contributed by atoms with Crippen molar-refractivity contribution in [2.75, 3.05) is 0 Å². The topological polar surface area (TPSA) is 48.6 Å². The molecule has 2 aromatic heterocycles. The van der Waals surface area contributed by atoms with Crippen LogP contribution in [0.5, 0.6) is 11.5 Å². The molecule has 6 heteroatoms. The van der Waals surface area contributed by atoms with Crippen LogP contribution in [0.1, 0.15) is 159 Å². The van der Waals surface area contributed by atoms with Gasteiger partial charge < -0.3 is 14.0 Å². The van der Waals surface area contributed by atoms with Gasteiger partial charge in [0.15, 0.2) is 0 Å². The number of aliphatic imine (C=N–C) groups is 1. The molecular formula is C54H61N3O2Pt. The van der Waals surface area contributed by atoms with Crippen LogP contribution in [0.15, 0.2) is 53.7 Å². The summed E-state index contributed by atoms with van der Waals surface area (Å²) in [6, 6.07) is 22.8. The molecule has 60 heavy (non-hydrogen) atoms. The van der Waals surface area contributed by atoms with E-state index in [1.54, 1.807) is 0 Å². The smallest absolute Gasteiger partial charge is 0.511 e. The molecule has 5 nitrogen and oxygen atoms in total. The zero-order chi connectivity index (χ0) is 44.3. The van der Waals surface area contributed by atoms with E-state index < -0.39 is 17.5 Å². The number of fused-ring (bicyclic) bond motifs is 7. The van der Waals surface area contributed by atoms with Crippen LogP contribution in [0.2, 0.25) is 0 Å². The summed E-state index contributed by atoms with van der Waals surface area (Å²) in [5.41, 5.74) is 13.3. The molecule has 314 valence electrons. The summed E-state index contributed by atoms with van der Waals surface area (Å²) in [5, 5.41) is 2.34. The van der Waals surface area contributed by atoms with Crippen molar-refractivity contribution < 1.29 is 33.3 Å². The first-order valence-corrected chi connectivity index (χ1v) is 21.4. The predicted octanol–water partition coefficient (Wildman–Crippen LogP) is 13.3. The van der Waals surface area contributed by atoms with Crippen molar-refractivity contribution in [3.05, 3.63) is 128 Å². The summed E-state index contributed by atoms with van der Waals surface area (Å²) in [7, 11) is 0. The summed E-state index contributed by atoms with van der Waals surface area (Å²) in [6.45, 7) is 34.9. The summed E-state index contributed by atoms with van der Waals surface area (Å²) < 4.78 is 35.7. The van der Waals surface area contributed by atoms with Crippen molar-refractivity contribution in [1.29, 1.82) is 0 Å². The van der Waals surface area contributed by atoms with E-state index in [-0.39, 0.29) is 43.2 Å². The number of hydrogen-bond donors (Lipinski definition) is 0. The van der Waals surface area contributed by atoms with Crippen LogP contribution in [-0.2, 0) is 54.8 Å². The van der Waals surface area contributed by atoms with Crippen LogP contribution in [0.4, 0.5) is 0 Å². The maximum atomic E-state index is 9.77. The van der Waals surface area contributed by atoms with Crippen molar-refractivity contribution in [2.45, 2.75) is 157 Å². The van der Waals surface area contributed by atoms with Crippen LogP contribution < -0.4 is 4.74 Å². The maximum Gasteiger partial charge on any atom is 2.00 e. The molecule has 0 saturated carbocycles. The average Bonchev–Trinajstić information content (AvgIpc) is 3.62. The van der Waals surface area contributed by atoms with Gasteiger partial charge in [-0.2, -0.15) is 6.07 Å². The van der Waals surface area contributed by atoms with E-state index in [1.165, 1.54) is 33.2 Å². The molecule has 9 rings (SSSR count). The van der Waals surface area contributed by atoms with E-state index in [9.17, 15) is 2.74 Å². The Hall–Kier alpha value is -4.21. The third kappa shape index (κ3) is 6.34. The van der Waals surface area contributed by atoms with Gasteiger partial charge in [0, 0.05) is 44.0 Å². The van der Waals surface area contributed by atoms with Gasteiger partial charge in [0.2, 0.25) is 0 Å². The Balaban J connectivity index is 0.00000529. The number of pyridine rings is 1. The largest absolute Gasteiger partial charge is 2.00 e. The molecule has 4 aromatic carbocycles.